The molecule has 6 heteroatoms. The maximum absolute atomic E-state index is 14.2. The van der Waals surface area contributed by atoms with Gasteiger partial charge < -0.3 is 14.9 Å². The Bertz CT molecular complexity index is 568. The molecule has 0 bridgehead atoms. The van der Waals surface area contributed by atoms with Crippen LogP contribution in [0.2, 0.25) is 0 Å². The summed E-state index contributed by atoms with van der Waals surface area (Å²) in [6, 6.07) is 5.18. The number of thiazole rings is 1. The molecule has 0 amide bonds. The molecule has 1 N–H and O–H groups in total. The molecule has 0 unspecified atom stereocenters. The highest BCUT2D eigenvalue weighted by Gasteiger charge is 2.21. The van der Waals surface area contributed by atoms with Gasteiger partial charge in [0.15, 0.2) is 10.9 Å². The monoisotopic (exact) mass is 293 g/mol. The number of hydrogen-bond donors (Lipinski definition) is 1. The van der Waals surface area contributed by atoms with E-state index in [2.05, 4.69) is 9.88 Å². The molecule has 1 aliphatic heterocycles. The first-order valence-electron chi connectivity index (χ1n) is 6.57. The van der Waals surface area contributed by atoms with Crippen LogP contribution < -0.4 is 9.80 Å². The van der Waals surface area contributed by atoms with Crippen molar-refractivity contribution in [3.8, 4) is 0 Å². The number of aromatic nitrogens is 1. The Labute approximate surface area is 121 Å². The Morgan fingerprint density at radius 3 is 2.60 bits per heavy atom. The highest BCUT2D eigenvalue weighted by Crippen LogP contribution is 2.25. The second kappa shape index (κ2) is 5.76. The van der Waals surface area contributed by atoms with Crippen LogP contribution in [0.4, 0.5) is 15.2 Å². The molecule has 4 nitrogen and oxygen atoms in total. The number of piperazine rings is 1. The zero-order valence-corrected chi connectivity index (χ0v) is 11.8. The fourth-order valence-corrected chi connectivity index (χ4v) is 3.14. The maximum Gasteiger partial charge on any atom is 0.185 e. The quantitative estimate of drug-likeness (QED) is 0.941. The van der Waals surface area contributed by atoms with E-state index < -0.39 is 0 Å². The SMILES string of the molecule is OCc1cccc(N2CCN(c3nccs3)CC2)c1F. The topological polar surface area (TPSA) is 39.6 Å². The van der Waals surface area contributed by atoms with Crippen LogP contribution in [-0.2, 0) is 6.61 Å². The highest BCUT2D eigenvalue weighted by atomic mass is 32.1. The minimum Gasteiger partial charge on any atom is -0.392 e. The lowest BCUT2D eigenvalue weighted by Gasteiger charge is -2.36. The van der Waals surface area contributed by atoms with Crippen LogP contribution >= 0.6 is 11.3 Å². The third kappa shape index (κ3) is 2.48. The number of nitrogens with zero attached hydrogens (tertiary/aromatic N) is 3. The van der Waals surface area contributed by atoms with Gasteiger partial charge in [-0.25, -0.2) is 9.37 Å². The van der Waals surface area contributed by atoms with Crippen molar-refractivity contribution in [2.45, 2.75) is 6.61 Å². The molecule has 0 spiro atoms. The minimum absolute atomic E-state index is 0.265. The van der Waals surface area contributed by atoms with Crippen molar-refractivity contribution in [1.29, 1.82) is 0 Å². The fourth-order valence-electron chi connectivity index (χ4n) is 2.44. The van der Waals surface area contributed by atoms with Crippen molar-refractivity contribution >= 4 is 22.2 Å². The van der Waals surface area contributed by atoms with Gasteiger partial charge in [0.05, 0.1) is 12.3 Å². The van der Waals surface area contributed by atoms with Crippen LogP contribution in [0.25, 0.3) is 0 Å². The van der Waals surface area contributed by atoms with E-state index in [4.69, 9.17) is 5.11 Å². The molecule has 0 saturated carbocycles. The number of aliphatic hydroxyl groups is 1. The molecule has 1 fully saturated rings. The van der Waals surface area contributed by atoms with Crippen molar-refractivity contribution in [3.05, 3.63) is 41.2 Å². The molecule has 20 heavy (non-hydrogen) atoms. The molecule has 0 aliphatic carbocycles. The predicted molar refractivity (Wildman–Crippen MR) is 78.9 cm³/mol. The zero-order valence-electron chi connectivity index (χ0n) is 11.0. The van der Waals surface area contributed by atoms with E-state index in [0.717, 1.165) is 31.3 Å². The van der Waals surface area contributed by atoms with Crippen LogP contribution in [0.1, 0.15) is 5.56 Å². The molecule has 106 valence electrons. The van der Waals surface area contributed by atoms with Gasteiger partial charge in [0.25, 0.3) is 0 Å². The summed E-state index contributed by atoms with van der Waals surface area (Å²) in [6.07, 6.45) is 1.80. The van der Waals surface area contributed by atoms with E-state index in [1.54, 1.807) is 35.7 Å². The summed E-state index contributed by atoms with van der Waals surface area (Å²) in [6.45, 7) is 2.90. The van der Waals surface area contributed by atoms with Crippen molar-refractivity contribution in [2.24, 2.45) is 0 Å². The highest BCUT2D eigenvalue weighted by molar-refractivity contribution is 7.13. The van der Waals surface area contributed by atoms with Crippen LogP contribution in [0.3, 0.4) is 0 Å². The average molecular weight is 293 g/mol. The summed E-state index contributed by atoms with van der Waals surface area (Å²) in [5.74, 6) is -0.308. The normalized spacial score (nSPS) is 15.7. The average Bonchev–Trinajstić information content (AvgIpc) is 3.02. The van der Waals surface area contributed by atoms with Crippen LogP contribution in [0.5, 0.6) is 0 Å². The molecular weight excluding hydrogens is 277 g/mol. The molecule has 1 aromatic heterocycles. The lowest BCUT2D eigenvalue weighted by molar-refractivity contribution is 0.276. The summed E-state index contributed by atoms with van der Waals surface area (Å²) < 4.78 is 14.2. The third-order valence-electron chi connectivity index (χ3n) is 3.54. The first-order chi connectivity index (χ1) is 9.79. The van der Waals surface area contributed by atoms with Gasteiger partial charge in [0.2, 0.25) is 0 Å². The summed E-state index contributed by atoms with van der Waals surface area (Å²) >= 11 is 1.62. The van der Waals surface area contributed by atoms with Crippen LogP contribution in [-0.4, -0.2) is 36.3 Å². The van der Waals surface area contributed by atoms with Crippen molar-refractivity contribution in [3.63, 3.8) is 0 Å². The predicted octanol–water partition coefficient (Wildman–Crippen LogP) is 2.10. The minimum atomic E-state index is -0.308. The molecule has 0 atom stereocenters. The smallest absolute Gasteiger partial charge is 0.185 e. The van der Waals surface area contributed by atoms with Gasteiger partial charge in [-0.3, -0.25) is 0 Å². The first kappa shape index (κ1) is 13.3. The van der Waals surface area contributed by atoms with E-state index in [1.807, 2.05) is 10.3 Å². The summed E-state index contributed by atoms with van der Waals surface area (Å²) in [5, 5.41) is 12.1. The molecule has 2 heterocycles. The van der Waals surface area contributed by atoms with Gasteiger partial charge in [-0.2, -0.15) is 0 Å². The summed E-state index contributed by atoms with van der Waals surface area (Å²) in [4.78, 5) is 8.55. The largest absolute Gasteiger partial charge is 0.392 e. The molecule has 2 aromatic rings. The van der Waals surface area contributed by atoms with Gasteiger partial charge in [-0.05, 0) is 6.07 Å². The molecule has 1 saturated heterocycles. The standard InChI is InChI=1S/C14H16FN3OS/c15-13-11(10-19)2-1-3-12(13)17-5-7-18(8-6-17)14-16-4-9-20-14/h1-4,9,19H,5-8,10H2. The fraction of sp³-hybridized carbons (Fsp3) is 0.357. The van der Waals surface area contributed by atoms with E-state index in [9.17, 15) is 4.39 Å². The number of hydrogen-bond acceptors (Lipinski definition) is 5. The first-order valence-corrected chi connectivity index (χ1v) is 7.45. The Hall–Kier alpha value is -1.66. The Balaban J connectivity index is 1.72. The third-order valence-corrected chi connectivity index (χ3v) is 4.37. The molecule has 1 aromatic carbocycles. The maximum atomic E-state index is 14.2. The number of benzene rings is 1. The van der Waals surface area contributed by atoms with E-state index in [0.29, 0.717) is 11.3 Å². The summed E-state index contributed by atoms with van der Waals surface area (Å²) in [5.41, 5.74) is 0.931. The number of aliphatic hydroxyl groups excluding tert-OH is 1. The van der Waals surface area contributed by atoms with Crippen molar-refractivity contribution in [2.75, 3.05) is 36.0 Å². The Morgan fingerprint density at radius 2 is 1.95 bits per heavy atom. The Morgan fingerprint density at radius 1 is 1.20 bits per heavy atom. The van der Waals surface area contributed by atoms with Crippen LogP contribution in [0.15, 0.2) is 29.8 Å². The van der Waals surface area contributed by atoms with Gasteiger partial charge >= 0.3 is 0 Å². The lowest BCUT2D eigenvalue weighted by atomic mass is 10.1. The van der Waals surface area contributed by atoms with Gasteiger partial charge in [-0.1, -0.05) is 12.1 Å². The molecule has 1 aliphatic rings. The van der Waals surface area contributed by atoms with E-state index >= 15 is 0 Å². The molecule has 0 radical (unpaired) electrons. The van der Waals surface area contributed by atoms with Crippen molar-refractivity contribution in [1.82, 2.24) is 4.98 Å². The van der Waals surface area contributed by atoms with Gasteiger partial charge in [0, 0.05) is 43.3 Å². The second-order valence-corrected chi connectivity index (χ2v) is 5.57. The number of anilines is 2. The van der Waals surface area contributed by atoms with E-state index in [1.165, 1.54) is 0 Å². The molecule has 3 rings (SSSR count). The summed E-state index contributed by atoms with van der Waals surface area (Å²) in [7, 11) is 0. The number of rotatable bonds is 3. The van der Waals surface area contributed by atoms with Gasteiger partial charge in [0.1, 0.15) is 0 Å². The van der Waals surface area contributed by atoms with Crippen molar-refractivity contribution < 1.29 is 9.50 Å². The van der Waals surface area contributed by atoms with Crippen LogP contribution in [0, 0.1) is 5.82 Å². The van der Waals surface area contributed by atoms with E-state index in [-0.39, 0.29) is 12.4 Å². The number of halogens is 1. The zero-order chi connectivity index (χ0) is 13.9. The Kier molecular flexibility index (Phi) is 3.84. The molecular formula is C14H16FN3OS. The van der Waals surface area contributed by atoms with Gasteiger partial charge in [-0.15, -0.1) is 11.3 Å². The lowest BCUT2D eigenvalue weighted by Crippen LogP contribution is -2.46. The second-order valence-electron chi connectivity index (χ2n) is 4.70.